The van der Waals surface area contributed by atoms with E-state index in [1.807, 2.05) is 30.6 Å². The van der Waals surface area contributed by atoms with Gasteiger partial charge in [-0.05, 0) is 44.0 Å². The minimum absolute atomic E-state index is 0.813. The predicted octanol–water partition coefficient (Wildman–Crippen LogP) is 2.28. The molecule has 1 aliphatic rings. The zero-order valence-corrected chi connectivity index (χ0v) is 11.0. The molecule has 0 saturated carbocycles. The van der Waals surface area contributed by atoms with Gasteiger partial charge in [0.05, 0.1) is 0 Å². The SMILES string of the molecule is c1ccc(-n2ccnc2NCCC2CCNC2)cc1. The highest BCUT2D eigenvalue weighted by Crippen LogP contribution is 2.15. The van der Waals surface area contributed by atoms with Crippen LogP contribution in [0.4, 0.5) is 5.95 Å². The minimum Gasteiger partial charge on any atom is -0.355 e. The number of rotatable bonds is 5. The molecule has 1 fully saturated rings. The largest absolute Gasteiger partial charge is 0.355 e. The molecule has 100 valence electrons. The molecule has 2 heterocycles. The van der Waals surface area contributed by atoms with Crippen molar-refractivity contribution in [3.05, 3.63) is 42.7 Å². The molecule has 2 N–H and O–H groups in total. The molecule has 1 unspecified atom stereocenters. The van der Waals surface area contributed by atoms with Gasteiger partial charge < -0.3 is 10.6 Å². The fourth-order valence-electron chi connectivity index (χ4n) is 2.58. The van der Waals surface area contributed by atoms with Crippen LogP contribution in [-0.4, -0.2) is 29.2 Å². The lowest BCUT2D eigenvalue weighted by molar-refractivity contribution is 0.548. The summed E-state index contributed by atoms with van der Waals surface area (Å²) >= 11 is 0. The first-order chi connectivity index (χ1) is 9.43. The van der Waals surface area contributed by atoms with Gasteiger partial charge >= 0.3 is 0 Å². The summed E-state index contributed by atoms with van der Waals surface area (Å²) in [5.41, 5.74) is 1.14. The molecular formula is C15H20N4. The maximum Gasteiger partial charge on any atom is 0.207 e. The monoisotopic (exact) mass is 256 g/mol. The molecule has 1 aromatic carbocycles. The molecular weight excluding hydrogens is 236 g/mol. The van der Waals surface area contributed by atoms with Crippen LogP contribution >= 0.6 is 0 Å². The lowest BCUT2D eigenvalue weighted by Gasteiger charge is -2.12. The summed E-state index contributed by atoms with van der Waals surface area (Å²) in [6.45, 7) is 3.31. The van der Waals surface area contributed by atoms with Gasteiger partial charge in [0, 0.05) is 24.6 Å². The van der Waals surface area contributed by atoms with Gasteiger partial charge in [-0.15, -0.1) is 0 Å². The number of benzene rings is 1. The van der Waals surface area contributed by atoms with E-state index in [-0.39, 0.29) is 0 Å². The number of nitrogens with one attached hydrogen (secondary N) is 2. The molecule has 1 aliphatic heterocycles. The second-order valence-electron chi connectivity index (χ2n) is 5.03. The molecule has 0 radical (unpaired) electrons. The van der Waals surface area contributed by atoms with E-state index in [9.17, 15) is 0 Å². The summed E-state index contributed by atoms with van der Waals surface area (Å²) in [5.74, 6) is 1.74. The quantitative estimate of drug-likeness (QED) is 0.862. The van der Waals surface area contributed by atoms with E-state index in [1.54, 1.807) is 0 Å². The van der Waals surface area contributed by atoms with Crippen LogP contribution in [-0.2, 0) is 0 Å². The topological polar surface area (TPSA) is 41.9 Å². The van der Waals surface area contributed by atoms with Crippen molar-refractivity contribution < 1.29 is 0 Å². The van der Waals surface area contributed by atoms with E-state index in [1.165, 1.54) is 19.4 Å². The zero-order chi connectivity index (χ0) is 12.9. The molecule has 0 amide bonds. The van der Waals surface area contributed by atoms with Crippen molar-refractivity contribution in [3.63, 3.8) is 0 Å². The van der Waals surface area contributed by atoms with E-state index in [0.29, 0.717) is 0 Å². The Morgan fingerprint density at radius 3 is 3.00 bits per heavy atom. The van der Waals surface area contributed by atoms with Gasteiger partial charge in [-0.2, -0.15) is 0 Å². The van der Waals surface area contributed by atoms with Gasteiger partial charge in [0.2, 0.25) is 5.95 Å². The Balaban J connectivity index is 1.61. The van der Waals surface area contributed by atoms with E-state index in [4.69, 9.17) is 0 Å². The molecule has 1 saturated heterocycles. The van der Waals surface area contributed by atoms with E-state index in [2.05, 4.69) is 32.3 Å². The first kappa shape index (κ1) is 12.2. The number of hydrogen-bond donors (Lipinski definition) is 2. The van der Waals surface area contributed by atoms with Crippen LogP contribution in [0.25, 0.3) is 5.69 Å². The molecule has 1 aromatic heterocycles. The second-order valence-corrected chi connectivity index (χ2v) is 5.03. The molecule has 1 atom stereocenters. The van der Waals surface area contributed by atoms with Gasteiger partial charge in [0.25, 0.3) is 0 Å². The van der Waals surface area contributed by atoms with E-state index >= 15 is 0 Å². The maximum absolute atomic E-state index is 4.39. The Kier molecular flexibility index (Phi) is 3.79. The fourth-order valence-corrected chi connectivity index (χ4v) is 2.58. The van der Waals surface area contributed by atoms with E-state index in [0.717, 1.165) is 30.6 Å². The number of imidazole rings is 1. The Morgan fingerprint density at radius 2 is 2.21 bits per heavy atom. The van der Waals surface area contributed by atoms with Gasteiger partial charge in [0.15, 0.2) is 0 Å². The summed E-state index contributed by atoms with van der Waals surface area (Å²) in [6.07, 6.45) is 6.34. The smallest absolute Gasteiger partial charge is 0.207 e. The van der Waals surface area contributed by atoms with Crippen molar-refractivity contribution in [1.29, 1.82) is 0 Å². The lowest BCUT2D eigenvalue weighted by atomic mass is 10.1. The van der Waals surface area contributed by atoms with Crippen molar-refractivity contribution >= 4 is 5.95 Å². The Bertz CT molecular complexity index is 500. The third kappa shape index (κ3) is 2.96. The van der Waals surface area contributed by atoms with Crippen molar-refractivity contribution in [2.45, 2.75) is 12.8 Å². The third-order valence-corrected chi connectivity index (χ3v) is 3.67. The van der Waals surface area contributed by atoms with E-state index < -0.39 is 0 Å². The molecule has 19 heavy (non-hydrogen) atoms. The molecule has 4 nitrogen and oxygen atoms in total. The van der Waals surface area contributed by atoms with Crippen LogP contribution in [0.15, 0.2) is 42.7 Å². The van der Waals surface area contributed by atoms with Crippen LogP contribution in [0.3, 0.4) is 0 Å². The zero-order valence-electron chi connectivity index (χ0n) is 11.0. The number of anilines is 1. The van der Waals surface area contributed by atoms with Crippen LogP contribution in [0, 0.1) is 5.92 Å². The lowest BCUT2D eigenvalue weighted by Crippen LogP contribution is -2.14. The van der Waals surface area contributed by atoms with Gasteiger partial charge in [-0.3, -0.25) is 4.57 Å². The summed E-state index contributed by atoms with van der Waals surface area (Å²) in [6, 6.07) is 10.3. The first-order valence-electron chi connectivity index (χ1n) is 6.97. The Hall–Kier alpha value is -1.81. The second kappa shape index (κ2) is 5.89. The number of hydrogen-bond acceptors (Lipinski definition) is 3. The van der Waals surface area contributed by atoms with Crippen LogP contribution in [0.5, 0.6) is 0 Å². The highest BCUT2D eigenvalue weighted by atomic mass is 15.2. The number of nitrogens with zero attached hydrogens (tertiary/aromatic N) is 2. The Morgan fingerprint density at radius 1 is 1.32 bits per heavy atom. The normalized spacial score (nSPS) is 18.6. The van der Waals surface area contributed by atoms with Crippen molar-refractivity contribution in [2.24, 2.45) is 5.92 Å². The molecule has 3 rings (SSSR count). The Labute approximate surface area is 113 Å². The summed E-state index contributed by atoms with van der Waals surface area (Å²) in [7, 11) is 0. The van der Waals surface area contributed by atoms with Gasteiger partial charge in [-0.25, -0.2) is 4.98 Å². The maximum atomic E-state index is 4.39. The molecule has 0 spiro atoms. The highest BCUT2D eigenvalue weighted by Gasteiger charge is 2.14. The van der Waals surface area contributed by atoms with Crippen LogP contribution in [0.1, 0.15) is 12.8 Å². The predicted molar refractivity (Wildman–Crippen MR) is 77.6 cm³/mol. The fraction of sp³-hybridized carbons (Fsp3) is 0.400. The molecule has 0 aliphatic carbocycles. The first-order valence-corrected chi connectivity index (χ1v) is 6.97. The van der Waals surface area contributed by atoms with Gasteiger partial charge in [-0.1, -0.05) is 18.2 Å². The third-order valence-electron chi connectivity index (χ3n) is 3.67. The number of para-hydroxylation sites is 1. The summed E-state index contributed by atoms with van der Waals surface area (Å²) in [4.78, 5) is 4.39. The van der Waals surface area contributed by atoms with Crippen LogP contribution in [0.2, 0.25) is 0 Å². The summed E-state index contributed by atoms with van der Waals surface area (Å²) < 4.78 is 2.09. The molecule has 2 aromatic rings. The van der Waals surface area contributed by atoms with Gasteiger partial charge in [0.1, 0.15) is 0 Å². The highest BCUT2D eigenvalue weighted by molar-refractivity contribution is 5.41. The molecule has 4 heteroatoms. The summed E-state index contributed by atoms with van der Waals surface area (Å²) in [5, 5.41) is 6.85. The average Bonchev–Trinajstić information content (AvgIpc) is 3.11. The average molecular weight is 256 g/mol. The van der Waals surface area contributed by atoms with Crippen molar-refractivity contribution in [1.82, 2.24) is 14.9 Å². The minimum atomic E-state index is 0.813. The molecule has 0 bridgehead atoms. The van der Waals surface area contributed by atoms with Crippen LogP contribution < -0.4 is 10.6 Å². The van der Waals surface area contributed by atoms with Crippen molar-refractivity contribution in [3.8, 4) is 5.69 Å². The van der Waals surface area contributed by atoms with Crippen molar-refractivity contribution in [2.75, 3.05) is 25.0 Å². The number of aromatic nitrogens is 2. The standard InChI is InChI=1S/C15H20N4/c1-2-4-14(5-3-1)19-11-10-18-15(19)17-9-7-13-6-8-16-12-13/h1-5,10-11,13,16H,6-9,12H2,(H,17,18).